The van der Waals surface area contributed by atoms with Crippen LogP contribution in [0.25, 0.3) is 11.4 Å². The van der Waals surface area contributed by atoms with Crippen LogP contribution in [-0.4, -0.2) is 23.2 Å². The van der Waals surface area contributed by atoms with Gasteiger partial charge in [0.2, 0.25) is 11.7 Å². The molecule has 0 bridgehead atoms. The van der Waals surface area contributed by atoms with E-state index in [2.05, 4.69) is 15.5 Å². The summed E-state index contributed by atoms with van der Waals surface area (Å²) in [5, 5.41) is 7.45. The number of methoxy groups -OCH3 is 1. The minimum atomic E-state index is -0.423. The molecule has 0 aliphatic rings. The van der Waals surface area contributed by atoms with Gasteiger partial charge in [-0.1, -0.05) is 49.2 Å². The molecule has 0 fully saturated rings. The molecule has 6 nitrogen and oxygen atoms in total. The van der Waals surface area contributed by atoms with Crippen molar-refractivity contribution >= 4 is 17.5 Å². The largest absolute Gasteiger partial charge is 0.497 e. The molecule has 0 spiro atoms. The number of aromatic nitrogens is 2. The lowest BCUT2D eigenvalue weighted by molar-refractivity contribution is 0.0910. The Morgan fingerprint density at radius 1 is 1.21 bits per heavy atom. The van der Waals surface area contributed by atoms with Gasteiger partial charge in [-0.2, -0.15) is 4.98 Å². The van der Waals surface area contributed by atoms with E-state index < -0.39 is 6.04 Å². The molecule has 146 valence electrons. The molecular formula is C21H22ClN3O3. The van der Waals surface area contributed by atoms with Crippen molar-refractivity contribution in [3.63, 3.8) is 0 Å². The van der Waals surface area contributed by atoms with Gasteiger partial charge in [0, 0.05) is 5.56 Å². The van der Waals surface area contributed by atoms with Crippen LogP contribution >= 0.6 is 11.6 Å². The molecule has 2 aromatic carbocycles. The van der Waals surface area contributed by atoms with Gasteiger partial charge < -0.3 is 14.6 Å². The fourth-order valence-electron chi connectivity index (χ4n) is 2.77. The first kappa shape index (κ1) is 19.9. The van der Waals surface area contributed by atoms with Crippen LogP contribution in [0.4, 0.5) is 0 Å². The lowest BCUT2D eigenvalue weighted by Gasteiger charge is -2.21. The van der Waals surface area contributed by atoms with Gasteiger partial charge in [0.05, 0.1) is 17.7 Å². The first-order valence-corrected chi connectivity index (χ1v) is 9.44. The van der Waals surface area contributed by atoms with E-state index in [0.29, 0.717) is 22.3 Å². The quantitative estimate of drug-likeness (QED) is 0.610. The number of carbonyl (C=O) groups is 1. The summed E-state index contributed by atoms with van der Waals surface area (Å²) in [5.41, 5.74) is 1.21. The van der Waals surface area contributed by atoms with Crippen LogP contribution in [0.5, 0.6) is 5.75 Å². The summed E-state index contributed by atoms with van der Waals surface area (Å²) in [4.78, 5) is 17.2. The Hall–Kier alpha value is -2.86. The SMILES string of the molecule is CCC(C)C(NC(=O)c1ccccc1Cl)c1nc(-c2ccc(OC)cc2)no1. The number of nitrogens with one attached hydrogen (secondary N) is 1. The smallest absolute Gasteiger partial charge is 0.253 e. The predicted octanol–water partition coefficient (Wildman–Crippen LogP) is 4.92. The normalized spacial score (nSPS) is 13.0. The van der Waals surface area contributed by atoms with Crippen LogP contribution in [0.3, 0.4) is 0 Å². The maximum absolute atomic E-state index is 12.7. The molecule has 2 atom stereocenters. The van der Waals surface area contributed by atoms with Gasteiger partial charge in [-0.05, 0) is 42.3 Å². The van der Waals surface area contributed by atoms with Crippen LogP contribution in [0.2, 0.25) is 5.02 Å². The van der Waals surface area contributed by atoms with Gasteiger partial charge >= 0.3 is 0 Å². The van der Waals surface area contributed by atoms with Crippen molar-refractivity contribution in [1.82, 2.24) is 15.5 Å². The Balaban J connectivity index is 1.85. The van der Waals surface area contributed by atoms with Crippen molar-refractivity contribution < 1.29 is 14.1 Å². The number of hydrogen-bond donors (Lipinski definition) is 1. The van der Waals surface area contributed by atoms with Crippen molar-refractivity contribution in [2.45, 2.75) is 26.3 Å². The number of nitrogens with zero attached hydrogens (tertiary/aromatic N) is 2. The molecule has 0 radical (unpaired) electrons. The van der Waals surface area contributed by atoms with E-state index in [0.717, 1.165) is 17.7 Å². The monoisotopic (exact) mass is 399 g/mol. The van der Waals surface area contributed by atoms with E-state index in [-0.39, 0.29) is 11.8 Å². The number of benzene rings is 2. The van der Waals surface area contributed by atoms with Crippen molar-refractivity contribution in [1.29, 1.82) is 0 Å². The van der Waals surface area contributed by atoms with Gasteiger partial charge in [-0.15, -0.1) is 0 Å². The maximum atomic E-state index is 12.7. The zero-order valence-corrected chi connectivity index (χ0v) is 16.7. The van der Waals surface area contributed by atoms with Crippen molar-refractivity contribution in [2.24, 2.45) is 5.92 Å². The molecule has 1 amide bonds. The molecule has 1 N–H and O–H groups in total. The van der Waals surface area contributed by atoms with Crippen molar-refractivity contribution in [3.8, 4) is 17.1 Å². The minimum Gasteiger partial charge on any atom is -0.497 e. The Morgan fingerprint density at radius 2 is 1.93 bits per heavy atom. The van der Waals surface area contributed by atoms with Crippen LogP contribution in [0.15, 0.2) is 53.1 Å². The number of ether oxygens (including phenoxy) is 1. The van der Waals surface area contributed by atoms with Crippen LogP contribution < -0.4 is 10.1 Å². The van der Waals surface area contributed by atoms with E-state index in [1.165, 1.54) is 0 Å². The standard InChI is InChI=1S/C21H22ClN3O3/c1-4-13(2)18(23-20(26)16-7-5-6-8-17(16)22)21-24-19(25-28-21)14-9-11-15(27-3)12-10-14/h5-13,18H,4H2,1-3H3,(H,23,26). The van der Waals surface area contributed by atoms with E-state index in [4.69, 9.17) is 20.9 Å². The Labute approximate surface area is 168 Å². The van der Waals surface area contributed by atoms with Crippen LogP contribution in [0.1, 0.15) is 42.6 Å². The Kier molecular flexibility index (Phi) is 6.31. The van der Waals surface area contributed by atoms with Crippen LogP contribution in [-0.2, 0) is 0 Å². The summed E-state index contributed by atoms with van der Waals surface area (Å²) in [6.07, 6.45) is 0.827. The molecule has 7 heteroatoms. The van der Waals surface area contributed by atoms with E-state index in [1.807, 2.05) is 38.1 Å². The highest BCUT2D eigenvalue weighted by atomic mass is 35.5. The second-order valence-electron chi connectivity index (χ2n) is 6.50. The highest BCUT2D eigenvalue weighted by Gasteiger charge is 2.27. The number of hydrogen-bond acceptors (Lipinski definition) is 5. The van der Waals surface area contributed by atoms with Crippen LogP contribution in [0, 0.1) is 5.92 Å². The van der Waals surface area contributed by atoms with E-state index in [1.54, 1.807) is 31.4 Å². The first-order valence-electron chi connectivity index (χ1n) is 9.07. The highest BCUT2D eigenvalue weighted by Crippen LogP contribution is 2.27. The van der Waals surface area contributed by atoms with E-state index >= 15 is 0 Å². The van der Waals surface area contributed by atoms with Gasteiger partial charge in [0.25, 0.3) is 5.91 Å². The molecule has 1 aromatic heterocycles. The number of halogens is 1. The van der Waals surface area contributed by atoms with E-state index in [9.17, 15) is 4.79 Å². The van der Waals surface area contributed by atoms with Gasteiger partial charge in [-0.25, -0.2) is 0 Å². The third kappa shape index (κ3) is 4.34. The summed E-state index contributed by atoms with van der Waals surface area (Å²) < 4.78 is 10.7. The molecule has 28 heavy (non-hydrogen) atoms. The fourth-order valence-corrected chi connectivity index (χ4v) is 2.99. The molecule has 0 aliphatic heterocycles. The summed E-state index contributed by atoms with van der Waals surface area (Å²) in [6.45, 7) is 4.06. The average Bonchev–Trinajstić information content (AvgIpc) is 3.21. The molecule has 0 saturated heterocycles. The van der Waals surface area contributed by atoms with Gasteiger partial charge in [0.15, 0.2) is 0 Å². The first-order chi connectivity index (χ1) is 13.5. The third-order valence-electron chi connectivity index (χ3n) is 4.67. The molecule has 3 rings (SSSR count). The lowest BCUT2D eigenvalue weighted by atomic mass is 9.98. The second-order valence-corrected chi connectivity index (χ2v) is 6.91. The molecule has 1 heterocycles. The molecular weight excluding hydrogens is 378 g/mol. The second kappa shape index (κ2) is 8.89. The predicted molar refractivity (Wildman–Crippen MR) is 107 cm³/mol. The summed E-state index contributed by atoms with van der Waals surface area (Å²) in [6, 6.07) is 13.9. The molecule has 3 aromatic rings. The zero-order valence-electron chi connectivity index (χ0n) is 16.0. The summed E-state index contributed by atoms with van der Waals surface area (Å²) >= 11 is 6.15. The minimum absolute atomic E-state index is 0.0932. The number of rotatable bonds is 7. The molecule has 2 unspecified atom stereocenters. The Bertz CT molecular complexity index is 940. The molecule has 0 aliphatic carbocycles. The zero-order chi connectivity index (χ0) is 20.1. The van der Waals surface area contributed by atoms with Gasteiger partial charge in [0.1, 0.15) is 11.8 Å². The van der Waals surface area contributed by atoms with Gasteiger partial charge in [-0.3, -0.25) is 4.79 Å². The number of amides is 1. The topological polar surface area (TPSA) is 77.2 Å². The summed E-state index contributed by atoms with van der Waals surface area (Å²) in [5.74, 6) is 1.38. The average molecular weight is 400 g/mol. The highest BCUT2D eigenvalue weighted by molar-refractivity contribution is 6.33. The maximum Gasteiger partial charge on any atom is 0.253 e. The van der Waals surface area contributed by atoms with Crippen molar-refractivity contribution in [3.05, 3.63) is 65.0 Å². The number of carbonyl (C=O) groups excluding carboxylic acids is 1. The third-order valence-corrected chi connectivity index (χ3v) is 5.00. The molecule has 0 saturated carbocycles. The lowest BCUT2D eigenvalue weighted by Crippen LogP contribution is -2.33. The summed E-state index contributed by atoms with van der Waals surface area (Å²) in [7, 11) is 1.61. The Morgan fingerprint density at radius 3 is 2.57 bits per heavy atom. The van der Waals surface area contributed by atoms with Crippen molar-refractivity contribution in [2.75, 3.05) is 7.11 Å². The fraction of sp³-hybridized carbons (Fsp3) is 0.286.